The predicted octanol–water partition coefficient (Wildman–Crippen LogP) is 3.72. The number of rotatable bonds is 5. The molecule has 10 heteroatoms. The first kappa shape index (κ1) is 26.2. The highest BCUT2D eigenvalue weighted by Gasteiger charge is 2.31. The number of nitrogens with one attached hydrogen (secondary N) is 1. The number of nitrogens with two attached hydrogens (primary N) is 1. The van der Waals surface area contributed by atoms with Gasteiger partial charge in [-0.3, -0.25) is 9.59 Å². The van der Waals surface area contributed by atoms with E-state index in [2.05, 4.69) is 10.1 Å². The molecule has 164 valence electrons. The minimum absolute atomic E-state index is 0.115. The van der Waals surface area contributed by atoms with Crippen molar-refractivity contribution in [3.63, 3.8) is 0 Å². The van der Waals surface area contributed by atoms with E-state index in [0.717, 1.165) is 12.1 Å². The van der Waals surface area contributed by atoms with Gasteiger partial charge in [0.2, 0.25) is 5.91 Å². The summed E-state index contributed by atoms with van der Waals surface area (Å²) in [6.07, 6.45) is -5.25. The van der Waals surface area contributed by atoms with Crippen LogP contribution in [0.1, 0.15) is 57.7 Å². The Kier molecular flexibility index (Phi) is 10.2. The lowest BCUT2D eigenvalue weighted by Crippen LogP contribution is -2.36. The van der Waals surface area contributed by atoms with Gasteiger partial charge < -0.3 is 20.5 Å². The Bertz CT molecular complexity index is 694. The van der Waals surface area contributed by atoms with Crippen molar-refractivity contribution in [2.24, 2.45) is 5.73 Å². The lowest BCUT2D eigenvalue weighted by atomic mass is 10.0. The summed E-state index contributed by atoms with van der Waals surface area (Å²) in [5.41, 5.74) is 3.56. The molecule has 1 aromatic rings. The number of ether oxygens (including phenoxy) is 2. The smallest absolute Gasteiger partial charge is 0.416 e. The maximum absolute atomic E-state index is 12.8. The second-order valence-corrected chi connectivity index (χ2v) is 6.92. The van der Waals surface area contributed by atoms with E-state index in [1.807, 2.05) is 0 Å². The van der Waals surface area contributed by atoms with Crippen LogP contribution in [0.25, 0.3) is 0 Å². The zero-order valence-electron chi connectivity index (χ0n) is 17.1. The molecule has 0 spiro atoms. The van der Waals surface area contributed by atoms with Crippen molar-refractivity contribution in [2.45, 2.75) is 58.4 Å². The van der Waals surface area contributed by atoms with Crippen LogP contribution in [0, 0.1) is 0 Å². The topological polar surface area (TPSA) is 108 Å². The molecule has 2 amide bonds. The fraction of sp³-hybridized carbons (Fsp3) is 0.526. The number of carbonyl (C=O) groups excluding carboxylic acids is 3. The molecule has 0 aromatic heterocycles. The SMILES string of the molecule is CC(C)(C)OC(=O)N[C@@H](CC(N)=O)c1cccc(C(F)(F)F)c1.CCC(=O)OC. The fourth-order valence-electron chi connectivity index (χ4n) is 1.98. The molecule has 3 N–H and O–H groups in total. The van der Waals surface area contributed by atoms with E-state index in [4.69, 9.17) is 10.5 Å². The van der Waals surface area contributed by atoms with E-state index in [1.54, 1.807) is 27.7 Å². The number of alkyl halides is 3. The number of hydrogen-bond donors (Lipinski definition) is 2. The summed E-state index contributed by atoms with van der Waals surface area (Å²) >= 11 is 0. The van der Waals surface area contributed by atoms with Crippen molar-refractivity contribution in [3.05, 3.63) is 35.4 Å². The van der Waals surface area contributed by atoms with Crippen molar-refractivity contribution in [1.29, 1.82) is 0 Å². The fourth-order valence-corrected chi connectivity index (χ4v) is 1.98. The largest absolute Gasteiger partial charge is 0.469 e. The third-order valence-electron chi connectivity index (χ3n) is 3.23. The molecule has 1 atom stereocenters. The third kappa shape index (κ3) is 11.6. The van der Waals surface area contributed by atoms with Gasteiger partial charge in [-0.05, 0) is 38.5 Å². The van der Waals surface area contributed by atoms with E-state index in [1.165, 1.54) is 19.2 Å². The average molecular weight is 420 g/mol. The third-order valence-corrected chi connectivity index (χ3v) is 3.23. The van der Waals surface area contributed by atoms with Crippen LogP contribution in [0.3, 0.4) is 0 Å². The molecule has 1 aromatic carbocycles. The highest BCUT2D eigenvalue weighted by Crippen LogP contribution is 2.31. The summed E-state index contributed by atoms with van der Waals surface area (Å²) in [7, 11) is 1.38. The van der Waals surface area contributed by atoms with Gasteiger partial charge >= 0.3 is 18.2 Å². The molecule has 7 nitrogen and oxygen atoms in total. The molecule has 0 unspecified atom stereocenters. The van der Waals surface area contributed by atoms with Crippen LogP contribution in [0.5, 0.6) is 0 Å². The van der Waals surface area contributed by atoms with Gasteiger partial charge in [0, 0.05) is 6.42 Å². The summed E-state index contributed by atoms with van der Waals surface area (Å²) in [5.74, 6) is -0.918. The molecule has 1 rings (SSSR count). The van der Waals surface area contributed by atoms with Crippen LogP contribution in [-0.2, 0) is 25.2 Å². The van der Waals surface area contributed by atoms with Crippen LogP contribution in [-0.4, -0.2) is 30.7 Å². The molecule has 0 bridgehead atoms. The molecule has 0 heterocycles. The first-order valence-corrected chi connectivity index (χ1v) is 8.71. The van der Waals surface area contributed by atoms with Crippen LogP contribution in [0.2, 0.25) is 0 Å². The van der Waals surface area contributed by atoms with E-state index in [0.29, 0.717) is 6.42 Å². The van der Waals surface area contributed by atoms with Gasteiger partial charge in [0.15, 0.2) is 0 Å². The number of esters is 1. The molecule has 0 aliphatic heterocycles. The molecule has 29 heavy (non-hydrogen) atoms. The summed E-state index contributed by atoms with van der Waals surface area (Å²) in [5, 5.41) is 2.37. The molecule has 0 aliphatic rings. The van der Waals surface area contributed by atoms with E-state index in [9.17, 15) is 27.6 Å². The number of halogens is 3. The monoisotopic (exact) mass is 420 g/mol. The molecular weight excluding hydrogens is 393 g/mol. The highest BCUT2D eigenvalue weighted by molar-refractivity contribution is 5.76. The van der Waals surface area contributed by atoms with Crippen molar-refractivity contribution in [1.82, 2.24) is 5.32 Å². The summed E-state index contributed by atoms with van der Waals surface area (Å²) in [6.45, 7) is 6.67. The Morgan fingerprint density at radius 2 is 1.76 bits per heavy atom. The van der Waals surface area contributed by atoms with Crippen molar-refractivity contribution in [3.8, 4) is 0 Å². The Labute approximate surface area is 167 Å². The Morgan fingerprint density at radius 1 is 1.17 bits per heavy atom. The number of alkyl carbamates (subject to hydrolysis) is 1. The first-order valence-electron chi connectivity index (χ1n) is 8.71. The maximum Gasteiger partial charge on any atom is 0.416 e. The minimum Gasteiger partial charge on any atom is -0.469 e. The minimum atomic E-state index is -4.53. The summed E-state index contributed by atoms with van der Waals surface area (Å²) in [4.78, 5) is 32.9. The first-order chi connectivity index (χ1) is 13.2. The summed E-state index contributed by atoms with van der Waals surface area (Å²) in [6, 6.07) is 3.33. The lowest BCUT2D eigenvalue weighted by Gasteiger charge is -2.23. The molecule has 0 radical (unpaired) electrons. The normalized spacial score (nSPS) is 12.1. The van der Waals surface area contributed by atoms with Gasteiger partial charge in [-0.1, -0.05) is 19.1 Å². The second kappa shape index (κ2) is 11.3. The number of primary amides is 1. The quantitative estimate of drug-likeness (QED) is 0.706. The Balaban J connectivity index is 0.00000113. The van der Waals surface area contributed by atoms with E-state index >= 15 is 0 Å². The number of benzene rings is 1. The van der Waals surface area contributed by atoms with Crippen LogP contribution >= 0.6 is 0 Å². The van der Waals surface area contributed by atoms with Gasteiger partial charge in [0.1, 0.15) is 5.60 Å². The van der Waals surface area contributed by atoms with Crippen LogP contribution < -0.4 is 11.1 Å². The number of amides is 2. The Morgan fingerprint density at radius 3 is 2.14 bits per heavy atom. The second-order valence-electron chi connectivity index (χ2n) is 6.92. The zero-order valence-corrected chi connectivity index (χ0v) is 17.1. The van der Waals surface area contributed by atoms with Crippen LogP contribution in [0.15, 0.2) is 24.3 Å². The number of carbonyl (C=O) groups is 3. The average Bonchev–Trinajstić information content (AvgIpc) is 2.58. The van der Waals surface area contributed by atoms with E-state index in [-0.39, 0.29) is 18.0 Å². The molecule has 0 saturated carbocycles. The molecule has 0 saturated heterocycles. The number of hydrogen-bond acceptors (Lipinski definition) is 5. The van der Waals surface area contributed by atoms with Gasteiger partial charge in [-0.15, -0.1) is 0 Å². The molecular formula is C19H27F3N2O5. The van der Waals surface area contributed by atoms with E-state index < -0.39 is 35.4 Å². The highest BCUT2D eigenvalue weighted by atomic mass is 19.4. The van der Waals surface area contributed by atoms with Gasteiger partial charge in [0.05, 0.1) is 25.1 Å². The van der Waals surface area contributed by atoms with Crippen molar-refractivity contribution in [2.75, 3.05) is 7.11 Å². The standard InChI is InChI=1S/C15H19F3N2O3.C4H8O2/c1-14(2,3)23-13(22)20-11(8-12(19)21)9-5-4-6-10(7-9)15(16,17)18;1-3-4(5)6-2/h4-7,11H,8H2,1-3H3,(H2,19,21)(H,20,22);3H2,1-2H3/t11-;/m0./s1. The maximum atomic E-state index is 12.8. The Hall–Kier alpha value is -2.78. The van der Waals surface area contributed by atoms with Gasteiger partial charge in [-0.25, -0.2) is 4.79 Å². The van der Waals surface area contributed by atoms with Gasteiger partial charge in [0.25, 0.3) is 0 Å². The predicted molar refractivity (Wildman–Crippen MR) is 99.7 cm³/mol. The lowest BCUT2D eigenvalue weighted by molar-refractivity contribution is -0.140. The molecule has 0 aliphatic carbocycles. The van der Waals surface area contributed by atoms with Crippen LogP contribution in [0.4, 0.5) is 18.0 Å². The molecule has 0 fully saturated rings. The summed E-state index contributed by atoms with van der Waals surface area (Å²) < 4.78 is 47.6. The van der Waals surface area contributed by atoms with Gasteiger partial charge in [-0.2, -0.15) is 13.2 Å². The van der Waals surface area contributed by atoms with Crippen molar-refractivity contribution < 1.29 is 37.0 Å². The van der Waals surface area contributed by atoms with Crippen molar-refractivity contribution >= 4 is 18.0 Å². The zero-order chi connectivity index (χ0) is 22.8. The number of methoxy groups -OCH3 is 1.